The topological polar surface area (TPSA) is 96.2 Å². The zero-order valence-corrected chi connectivity index (χ0v) is 35.3. The summed E-state index contributed by atoms with van der Waals surface area (Å²) in [5, 5.41) is 11.5. The van der Waals surface area contributed by atoms with Gasteiger partial charge in [-0.05, 0) is 192 Å². The molecule has 5 N–H and O–H groups in total. The average Bonchev–Trinajstić information content (AvgIpc) is 3.20. The van der Waals surface area contributed by atoms with Crippen molar-refractivity contribution in [3.05, 3.63) is 71.8 Å². The lowest BCUT2D eigenvalue weighted by molar-refractivity contribution is -0.165. The molecular weight excluding hydrogens is 701 g/mol. The Morgan fingerprint density at radius 2 is 1.21 bits per heavy atom. The van der Waals surface area contributed by atoms with Crippen molar-refractivity contribution in [1.29, 1.82) is 0 Å². The van der Waals surface area contributed by atoms with Crippen molar-refractivity contribution in [2.24, 2.45) is 45.1 Å². The number of piperidine rings is 1. The Morgan fingerprint density at radius 1 is 0.667 bits per heavy atom. The normalized spacial score (nSPS) is 45.5. The van der Waals surface area contributed by atoms with E-state index in [1.807, 2.05) is 0 Å². The zero-order chi connectivity index (χ0) is 39.1. The molecule has 1 aliphatic heterocycles. The summed E-state index contributed by atoms with van der Waals surface area (Å²) < 4.78 is 0. The van der Waals surface area contributed by atoms with Crippen LogP contribution in [0.3, 0.4) is 0 Å². The molecule has 10 aliphatic rings. The van der Waals surface area contributed by atoms with Gasteiger partial charge in [0, 0.05) is 24.2 Å². The second kappa shape index (κ2) is 14.2. The Balaban J connectivity index is 0.853. The SMILES string of the molecule is CCC12CC3CC(C(=O)N[C@H]4CC(CCC56CC7CC(C(=O)NC8CCC(CN)CC8)(C5)CC(c5ccccc5)(C7)C6)N[C@@H](C)C4)(C1)CC(c1ccccc1)(C3)C2. The molecule has 12 rings (SSSR count). The third-order valence-corrected chi connectivity index (χ3v) is 18.5. The van der Waals surface area contributed by atoms with E-state index < -0.39 is 0 Å². The maximum absolute atomic E-state index is 14.9. The predicted octanol–water partition coefficient (Wildman–Crippen LogP) is 9.25. The van der Waals surface area contributed by atoms with Crippen LogP contribution in [0.25, 0.3) is 0 Å². The van der Waals surface area contributed by atoms with E-state index in [1.165, 1.54) is 62.5 Å². The second-order valence-electron chi connectivity index (χ2n) is 22.6. The first-order valence-corrected chi connectivity index (χ1v) is 23.7. The van der Waals surface area contributed by atoms with Crippen molar-refractivity contribution in [3.8, 4) is 0 Å². The van der Waals surface area contributed by atoms with Gasteiger partial charge in [-0.25, -0.2) is 0 Å². The van der Waals surface area contributed by atoms with Crippen molar-refractivity contribution >= 4 is 11.8 Å². The molecule has 0 radical (unpaired) electrons. The van der Waals surface area contributed by atoms with Crippen LogP contribution in [0.5, 0.6) is 0 Å². The fraction of sp³-hybridized carbons (Fsp3) is 0.725. The van der Waals surface area contributed by atoms with Crippen molar-refractivity contribution in [3.63, 3.8) is 0 Å². The molecule has 6 nitrogen and oxygen atoms in total. The van der Waals surface area contributed by atoms with E-state index in [9.17, 15) is 9.59 Å². The van der Waals surface area contributed by atoms with E-state index >= 15 is 0 Å². The van der Waals surface area contributed by atoms with Crippen LogP contribution < -0.4 is 21.7 Å². The van der Waals surface area contributed by atoms with E-state index in [0.29, 0.717) is 53.1 Å². The highest BCUT2D eigenvalue weighted by molar-refractivity contribution is 5.84. The molecule has 2 amide bonds. The Kier molecular flexibility index (Phi) is 9.60. The highest BCUT2D eigenvalue weighted by Gasteiger charge is 2.67. The van der Waals surface area contributed by atoms with Gasteiger partial charge in [0.25, 0.3) is 0 Å². The molecule has 8 bridgehead atoms. The van der Waals surface area contributed by atoms with Gasteiger partial charge in [-0.15, -0.1) is 0 Å². The minimum absolute atomic E-state index is 0.0871. The van der Waals surface area contributed by atoms with Crippen LogP contribution in [0, 0.1) is 39.4 Å². The van der Waals surface area contributed by atoms with Crippen LogP contribution in [0.1, 0.15) is 160 Å². The largest absolute Gasteiger partial charge is 0.353 e. The first-order valence-electron chi connectivity index (χ1n) is 23.7. The number of nitrogens with two attached hydrogens (primary N) is 1. The lowest BCUT2D eigenvalue weighted by Crippen LogP contribution is -2.64. The lowest BCUT2D eigenvalue weighted by atomic mass is 9.37. The summed E-state index contributed by atoms with van der Waals surface area (Å²) in [5.41, 5.74) is 9.18. The fourth-order valence-corrected chi connectivity index (χ4v) is 17.1. The second-order valence-corrected chi connectivity index (χ2v) is 22.6. The molecule has 10 fully saturated rings. The van der Waals surface area contributed by atoms with Crippen LogP contribution in [-0.2, 0) is 20.4 Å². The third kappa shape index (κ3) is 6.74. The molecule has 308 valence electrons. The molecule has 2 aromatic rings. The van der Waals surface area contributed by atoms with Crippen LogP contribution in [-0.4, -0.2) is 42.5 Å². The van der Waals surface area contributed by atoms with Crippen molar-refractivity contribution in [2.45, 2.75) is 184 Å². The third-order valence-electron chi connectivity index (χ3n) is 18.5. The lowest BCUT2D eigenvalue weighted by Gasteiger charge is -2.66. The summed E-state index contributed by atoms with van der Waals surface area (Å²) in [5.74, 6) is 2.61. The molecule has 9 unspecified atom stereocenters. The number of benzene rings is 2. The van der Waals surface area contributed by atoms with Gasteiger partial charge in [0.1, 0.15) is 0 Å². The van der Waals surface area contributed by atoms with Gasteiger partial charge in [-0.3, -0.25) is 9.59 Å². The number of amides is 2. The molecule has 1 heterocycles. The van der Waals surface area contributed by atoms with Gasteiger partial charge in [0.15, 0.2) is 0 Å². The van der Waals surface area contributed by atoms with Crippen molar-refractivity contribution < 1.29 is 9.59 Å². The maximum atomic E-state index is 14.9. The fourth-order valence-electron chi connectivity index (χ4n) is 17.1. The van der Waals surface area contributed by atoms with Gasteiger partial charge < -0.3 is 21.7 Å². The van der Waals surface area contributed by atoms with E-state index in [2.05, 4.69) is 90.5 Å². The Labute approximate surface area is 343 Å². The molecule has 2 aromatic carbocycles. The van der Waals surface area contributed by atoms with Gasteiger partial charge in [0.05, 0.1) is 10.8 Å². The predicted molar refractivity (Wildman–Crippen MR) is 228 cm³/mol. The number of nitrogens with one attached hydrogen (secondary N) is 3. The van der Waals surface area contributed by atoms with Crippen molar-refractivity contribution in [2.75, 3.05) is 6.54 Å². The monoisotopic (exact) mass is 773 g/mol. The summed E-state index contributed by atoms with van der Waals surface area (Å²) in [6.45, 7) is 5.50. The summed E-state index contributed by atoms with van der Waals surface area (Å²) in [7, 11) is 0. The minimum atomic E-state index is -0.269. The van der Waals surface area contributed by atoms with Crippen LogP contribution >= 0.6 is 0 Å². The number of carbonyl (C=O) groups excluding carboxylic acids is 2. The number of hydrogen-bond donors (Lipinski definition) is 4. The standard InChI is InChI=1S/C51H72N4O2/c1-3-46-22-37-24-48(29-46,39-10-6-4-7-11-39)33-50(26-37,30-46)45(57)55-43-20-35(2)53-42(21-43)18-19-47-23-38-25-49(31-47,40-12-8-5-9-13-40)34-51(27-38,32-47)44(56)54-41-16-14-36(28-52)15-17-41/h4-13,35-38,41-43,53H,3,14-34,52H2,1-2H3,(H,54,56)(H,55,57)/t35-,36?,37?,38?,41?,42?,43+,46?,47?,48?,49?,50?,51?/m0/s1. The first-order chi connectivity index (χ1) is 27.5. The summed E-state index contributed by atoms with van der Waals surface area (Å²) in [6.07, 6.45) is 23.7. The Hall–Kier alpha value is -2.70. The molecule has 9 saturated carbocycles. The Morgan fingerprint density at radius 3 is 1.79 bits per heavy atom. The van der Waals surface area contributed by atoms with Gasteiger partial charge in [-0.1, -0.05) is 74.0 Å². The van der Waals surface area contributed by atoms with Crippen molar-refractivity contribution in [1.82, 2.24) is 16.0 Å². The summed E-state index contributed by atoms with van der Waals surface area (Å²) >= 11 is 0. The van der Waals surface area contributed by atoms with E-state index in [1.54, 1.807) is 0 Å². The minimum Gasteiger partial charge on any atom is -0.353 e. The zero-order valence-electron chi connectivity index (χ0n) is 35.3. The van der Waals surface area contributed by atoms with Crippen LogP contribution in [0.4, 0.5) is 0 Å². The molecule has 6 heteroatoms. The molecule has 1 saturated heterocycles. The molecule has 9 aliphatic carbocycles. The number of rotatable bonds is 11. The maximum Gasteiger partial charge on any atom is 0.226 e. The highest BCUT2D eigenvalue weighted by atomic mass is 16.2. The summed E-state index contributed by atoms with van der Waals surface area (Å²) in [6, 6.07) is 23.9. The smallest absolute Gasteiger partial charge is 0.226 e. The highest BCUT2D eigenvalue weighted by Crippen LogP contribution is 2.72. The van der Waals surface area contributed by atoms with Gasteiger partial charge >= 0.3 is 0 Å². The van der Waals surface area contributed by atoms with E-state index in [0.717, 1.165) is 90.0 Å². The van der Waals surface area contributed by atoms with Gasteiger partial charge in [-0.2, -0.15) is 0 Å². The van der Waals surface area contributed by atoms with E-state index in [-0.39, 0.29) is 33.1 Å². The first kappa shape index (κ1) is 38.5. The average molecular weight is 773 g/mol. The van der Waals surface area contributed by atoms with Crippen LogP contribution in [0.2, 0.25) is 0 Å². The van der Waals surface area contributed by atoms with E-state index in [4.69, 9.17) is 5.73 Å². The number of carbonyl (C=O) groups is 2. The van der Waals surface area contributed by atoms with Gasteiger partial charge in [0.2, 0.25) is 11.8 Å². The number of hydrogen-bond acceptors (Lipinski definition) is 4. The summed E-state index contributed by atoms with van der Waals surface area (Å²) in [4.78, 5) is 29.6. The Bertz CT molecular complexity index is 1810. The molecule has 0 spiro atoms. The van der Waals surface area contributed by atoms with Crippen LogP contribution in [0.15, 0.2) is 60.7 Å². The quantitative estimate of drug-likeness (QED) is 0.183. The molecule has 0 aromatic heterocycles. The molecule has 11 atom stereocenters. The molecule has 57 heavy (non-hydrogen) atoms. The molecular formula is C51H72N4O2.